The Morgan fingerprint density at radius 2 is 1.59 bits per heavy atom. The van der Waals surface area contributed by atoms with Crippen molar-refractivity contribution >= 4 is 10.8 Å². The quantitative estimate of drug-likeness (QED) is 0.758. The minimum atomic E-state index is 0.0629. The van der Waals surface area contributed by atoms with Crippen LogP contribution in [0.15, 0.2) is 24.4 Å². The van der Waals surface area contributed by atoms with E-state index in [4.69, 9.17) is 18.9 Å². The molecule has 1 aliphatic carbocycles. The number of ether oxygens (including phenoxy) is 4. The highest BCUT2D eigenvalue weighted by Gasteiger charge is 2.29. The number of aryl methyl sites for hydroxylation is 2. The first kappa shape index (κ1) is 17.3. The van der Waals surface area contributed by atoms with Crippen molar-refractivity contribution in [2.24, 2.45) is 0 Å². The first-order chi connectivity index (χ1) is 13.1. The van der Waals surface area contributed by atoms with Crippen LogP contribution in [0.1, 0.15) is 11.3 Å². The van der Waals surface area contributed by atoms with Gasteiger partial charge in [-0.05, 0) is 42.0 Å². The number of phenolic OH excluding ortho intramolecular Hbond substituents is 1. The van der Waals surface area contributed by atoms with Crippen molar-refractivity contribution in [2.75, 3.05) is 28.4 Å². The van der Waals surface area contributed by atoms with Gasteiger partial charge in [-0.3, -0.25) is 4.98 Å². The van der Waals surface area contributed by atoms with Gasteiger partial charge in [0, 0.05) is 28.4 Å². The van der Waals surface area contributed by atoms with E-state index >= 15 is 0 Å². The van der Waals surface area contributed by atoms with E-state index in [9.17, 15) is 5.11 Å². The van der Waals surface area contributed by atoms with Gasteiger partial charge in [0.2, 0.25) is 5.75 Å². The number of hydrogen-bond donors (Lipinski definition) is 1. The summed E-state index contributed by atoms with van der Waals surface area (Å²) in [5.41, 5.74) is 3.35. The normalized spacial score (nSPS) is 12.3. The molecule has 6 nitrogen and oxygen atoms in total. The van der Waals surface area contributed by atoms with E-state index in [0.717, 1.165) is 40.4 Å². The Hall–Kier alpha value is -3.15. The third kappa shape index (κ3) is 2.44. The molecule has 3 aromatic rings. The van der Waals surface area contributed by atoms with Crippen LogP contribution in [0.25, 0.3) is 21.9 Å². The van der Waals surface area contributed by atoms with Crippen LogP contribution < -0.4 is 18.9 Å². The van der Waals surface area contributed by atoms with E-state index in [1.165, 1.54) is 0 Å². The van der Waals surface area contributed by atoms with Crippen LogP contribution in [-0.2, 0) is 12.8 Å². The van der Waals surface area contributed by atoms with Crippen molar-refractivity contribution in [2.45, 2.75) is 12.8 Å². The SMILES string of the molecule is COc1cc2ccnc3c2c(c1O)-c1c(cc(OC)c(OC)c1OC)CC3. The average molecular weight is 367 g/mol. The maximum atomic E-state index is 11.0. The van der Waals surface area contributed by atoms with Gasteiger partial charge in [0.1, 0.15) is 0 Å². The molecule has 0 amide bonds. The number of methoxy groups -OCH3 is 4. The largest absolute Gasteiger partial charge is 0.504 e. The molecule has 0 unspecified atom stereocenters. The molecule has 0 radical (unpaired) electrons. The van der Waals surface area contributed by atoms with Gasteiger partial charge in [0.05, 0.1) is 28.4 Å². The van der Waals surface area contributed by atoms with E-state index in [-0.39, 0.29) is 5.75 Å². The number of nitrogens with zero attached hydrogens (tertiary/aromatic N) is 1. The fraction of sp³-hybridized carbons (Fsp3) is 0.286. The number of benzene rings is 2. The first-order valence-corrected chi connectivity index (χ1v) is 8.64. The molecule has 1 aromatic heterocycles. The third-order valence-electron chi connectivity index (χ3n) is 5.08. The zero-order valence-corrected chi connectivity index (χ0v) is 15.8. The van der Waals surface area contributed by atoms with Crippen LogP contribution in [0.3, 0.4) is 0 Å². The predicted octanol–water partition coefficient (Wildman–Crippen LogP) is 3.74. The van der Waals surface area contributed by atoms with Crippen LogP contribution >= 0.6 is 0 Å². The highest BCUT2D eigenvalue weighted by Crippen LogP contribution is 2.54. The zero-order valence-electron chi connectivity index (χ0n) is 15.8. The Bertz CT molecular complexity index is 1040. The molecule has 0 aliphatic heterocycles. The number of rotatable bonds is 4. The highest BCUT2D eigenvalue weighted by molar-refractivity contribution is 6.06. The fourth-order valence-electron chi connectivity index (χ4n) is 3.90. The number of fused-ring (bicyclic) bond motifs is 2. The number of aromatic nitrogens is 1. The predicted molar refractivity (Wildman–Crippen MR) is 102 cm³/mol. The maximum Gasteiger partial charge on any atom is 0.203 e. The molecular weight excluding hydrogens is 346 g/mol. The van der Waals surface area contributed by atoms with Gasteiger partial charge >= 0.3 is 0 Å². The lowest BCUT2D eigenvalue weighted by molar-refractivity contribution is 0.324. The molecule has 0 bridgehead atoms. The summed E-state index contributed by atoms with van der Waals surface area (Å²) in [6.45, 7) is 0. The monoisotopic (exact) mass is 367 g/mol. The third-order valence-corrected chi connectivity index (χ3v) is 5.08. The summed E-state index contributed by atoms with van der Waals surface area (Å²) in [6, 6.07) is 5.69. The van der Waals surface area contributed by atoms with Gasteiger partial charge in [0.25, 0.3) is 0 Å². The Morgan fingerprint density at radius 1 is 0.852 bits per heavy atom. The molecule has 0 spiro atoms. The van der Waals surface area contributed by atoms with Gasteiger partial charge in [-0.15, -0.1) is 0 Å². The second kappa shape index (κ2) is 6.54. The van der Waals surface area contributed by atoms with Gasteiger partial charge in [0.15, 0.2) is 23.0 Å². The Kier molecular flexibility index (Phi) is 4.18. The molecule has 1 heterocycles. The van der Waals surface area contributed by atoms with Crippen LogP contribution in [0, 0.1) is 0 Å². The standard InChI is InChI=1S/C21H21NO5/c1-24-14-9-12-7-8-22-13-6-5-11-10-15(25-2)20(26-3)21(27-4)17(11)18(16(12)13)19(14)23/h7-10,23H,5-6H2,1-4H3. The van der Waals surface area contributed by atoms with Gasteiger partial charge in [-0.2, -0.15) is 0 Å². The van der Waals surface area contributed by atoms with E-state index in [0.29, 0.717) is 28.6 Å². The minimum Gasteiger partial charge on any atom is -0.504 e. The van der Waals surface area contributed by atoms with Crippen LogP contribution in [0.4, 0.5) is 0 Å². The van der Waals surface area contributed by atoms with Crippen molar-refractivity contribution < 1.29 is 24.1 Å². The average Bonchev–Trinajstić information content (AvgIpc) is 2.87. The fourth-order valence-corrected chi connectivity index (χ4v) is 3.90. The molecule has 6 heteroatoms. The van der Waals surface area contributed by atoms with Gasteiger partial charge in [-0.1, -0.05) is 0 Å². The molecular formula is C21H21NO5. The molecule has 2 aromatic carbocycles. The van der Waals surface area contributed by atoms with Crippen LogP contribution in [-0.4, -0.2) is 38.5 Å². The second-order valence-corrected chi connectivity index (χ2v) is 6.34. The molecule has 4 rings (SSSR count). The Balaban J connectivity index is 2.21. The summed E-state index contributed by atoms with van der Waals surface area (Å²) < 4.78 is 22.2. The van der Waals surface area contributed by atoms with Crippen molar-refractivity contribution in [3.63, 3.8) is 0 Å². The summed E-state index contributed by atoms with van der Waals surface area (Å²) in [5, 5.41) is 12.9. The minimum absolute atomic E-state index is 0.0629. The number of hydrogen-bond acceptors (Lipinski definition) is 6. The van der Waals surface area contributed by atoms with E-state index in [2.05, 4.69) is 4.98 Å². The topological polar surface area (TPSA) is 70.0 Å². The number of pyridine rings is 1. The smallest absolute Gasteiger partial charge is 0.203 e. The van der Waals surface area contributed by atoms with Crippen molar-refractivity contribution in [3.8, 4) is 39.9 Å². The Morgan fingerprint density at radius 3 is 2.26 bits per heavy atom. The van der Waals surface area contributed by atoms with Crippen LogP contribution in [0.2, 0.25) is 0 Å². The van der Waals surface area contributed by atoms with Crippen molar-refractivity contribution in [1.82, 2.24) is 4.98 Å². The summed E-state index contributed by atoms with van der Waals surface area (Å²) in [7, 11) is 6.29. The number of phenols is 1. The van der Waals surface area contributed by atoms with Gasteiger partial charge in [-0.25, -0.2) is 0 Å². The highest BCUT2D eigenvalue weighted by atomic mass is 16.5. The molecule has 0 saturated carbocycles. The van der Waals surface area contributed by atoms with Crippen LogP contribution in [0.5, 0.6) is 28.7 Å². The summed E-state index contributed by atoms with van der Waals surface area (Å²) in [4.78, 5) is 4.56. The molecule has 140 valence electrons. The molecule has 1 aliphatic rings. The first-order valence-electron chi connectivity index (χ1n) is 8.64. The Labute approximate surface area is 157 Å². The lowest BCUT2D eigenvalue weighted by Gasteiger charge is -2.20. The maximum absolute atomic E-state index is 11.0. The van der Waals surface area contributed by atoms with Gasteiger partial charge < -0.3 is 24.1 Å². The lowest BCUT2D eigenvalue weighted by atomic mass is 9.93. The van der Waals surface area contributed by atoms with Crippen molar-refractivity contribution in [1.29, 1.82) is 0 Å². The summed E-state index contributed by atoms with van der Waals surface area (Å²) in [6.07, 6.45) is 3.25. The van der Waals surface area contributed by atoms with E-state index < -0.39 is 0 Å². The molecule has 0 fully saturated rings. The molecule has 0 atom stereocenters. The molecule has 1 N–H and O–H groups in total. The zero-order chi connectivity index (χ0) is 19.1. The van der Waals surface area contributed by atoms with E-state index in [1.807, 2.05) is 18.2 Å². The summed E-state index contributed by atoms with van der Waals surface area (Å²) >= 11 is 0. The van der Waals surface area contributed by atoms with E-state index in [1.54, 1.807) is 34.6 Å². The number of aromatic hydroxyl groups is 1. The summed E-state index contributed by atoms with van der Waals surface area (Å²) in [5.74, 6) is 2.06. The molecule has 0 saturated heterocycles. The van der Waals surface area contributed by atoms with Crippen molar-refractivity contribution in [3.05, 3.63) is 35.7 Å². The lowest BCUT2D eigenvalue weighted by Crippen LogP contribution is -2.01. The molecule has 27 heavy (non-hydrogen) atoms. The second-order valence-electron chi connectivity index (χ2n) is 6.34.